The molecule has 0 saturated carbocycles. The lowest BCUT2D eigenvalue weighted by molar-refractivity contribution is -0.383. The summed E-state index contributed by atoms with van der Waals surface area (Å²) >= 11 is 0. The van der Waals surface area contributed by atoms with E-state index in [4.69, 9.17) is 4.74 Å². The van der Waals surface area contributed by atoms with Gasteiger partial charge in [-0.05, 0) is 43.0 Å². The van der Waals surface area contributed by atoms with Crippen LogP contribution in [0.2, 0.25) is 0 Å². The summed E-state index contributed by atoms with van der Waals surface area (Å²) in [4.78, 5) is 21.8. The Hall–Kier alpha value is -2.90. The molecule has 0 amide bonds. The van der Waals surface area contributed by atoms with E-state index in [1.54, 1.807) is 12.1 Å². The van der Waals surface area contributed by atoms with E-state index < -0.39 is 4.92 Å². The summed E-state index contributed by atoms with van der Waals surface area (Å²) in [5.41, 5.74) is 0.577. The van der Waals surface area contributed by atoms with Gasteiger partial charge in [-0.1, -0.05) is 27.7 Å². The fraction of sp³-hybridized carbons (Fsp3) is 0.500. The van der Waals surface area contributed by atoms with E-state index in [0.29, 0.717) is 43.0 Å². The zero-order valence-electron chi connectivity index (χ0n) is 17.2. The Kier molecular flexibility index (Phi) is 7.54. The molecule has 0 aliphatic rings. The van der Waals surface area contributed by atoms with Crippen molar-refractivity contribution in [2.45, 2.75) is 34.6 Å². The van der Waals surface area contributed by atoms with Crippen molar-refractivity contribution in [1.29, 1.82) is 0 Å². The lowest BCUT2D eigenvalue weighted by atomic mass is 10.1. The SMILES string of the molecule is CCOc1ccc(Nc2ncnc(N(CC(C)C)CC(C)C)c2[N+](=O)[O-])cc1. The normalized spacial score (nSPS) is 11.0. The fourth-order valence-electron chi connectivity index (χ4n) is 2.93. The van der Waals surface area contributed by atoms with Crippen LogP contribution in [0.3, 0.4) is 0 Å². The van der Waals surface area contributed by atoms with Crippen LogP contribution in [0.25, 0.3) is 0 Å². The van der Waals surface area contributed by atoms with Gasteiger partial charge in [0.15, 0.2) is 0 Å². The number of ether oxygens (including phenoxy) is 1. The molecule has 28 heavy (non-hydrogen) atoms. The Bertz CT molecular complexity index is 768. The van der Waals surface area contributed by atoms with Gasteiger partial charge >= 0.3 is 5.69 Å². The summed E-state index contributed by atoms with van der Waals surface area (Å²) in [5, 5.41) is 14.9. The first-order chi connectivity index (χ1) is 13.3. The lowest BCUT2D eigenvalue weighted by Gasteiger charge is -2.27. The summed E-state index contributed by atoms with van der Waals surface area (Å²) in [6.07, 6.45) is 1.37. The Morgan fingerprint density at radius 1 is 1.11 bits per heavy atom. The van der Waals surface area contributed by atoms with Crippen molar-refractivity contribution in [3.63, 3.8) is 0 Å². The van der Waals surface area contributed by atoms with Gasteiger partial charge in [0.25, 0.3) is 0 Å². The molecule has 2 rings (SSSR count). The zero-order chi connectivity index (χ0) is 20.7. The topological polar surface area (TPSA) is 93.4 Å². The van der Waals surface area contributed by atoms with Crippen LogP contribution in [-0.4, -0.2) is 34.6 Å². The molecule has 0 bridgehead atoms. The maximum Gasteiger partial charge on any atom is 0.353 e. The lowest BCUT2D eigenvalue weighted by Crippen LogP contribution is -2.32. The Labute approximate surface area is 166 Å². The number of hydrogen-bond acceptors (Lipinski definition) is 7. The number of nitrogens with zero attached hydrogens (tertiary/aromatic N) is 4. The second-order valence-corrected chi connectivity index (χ2v) is 7.43. The molecule has 0 aliphatic carbocycles. The predicted molar refractivity (Wildman–Crippen MR) is 111 cm³/mol. The maximum atomic E-state index is 11.9. The second-order valence-electron chi connectivity index (χ2n) is 7.43. The van der Waals surface area contributed by atoms with Gasteiger partial charge in [-0.3, -0.25) is 10.1 Å². The van der Waals surface area contributed by atoms with E-state index in [0.717, 1.165) is 5.75 Å². The molecule has 8 heteroatoms. The highest BCUT2D eigenvalue weighted by atomic mass is 16.6. The van der Waals surface area contributed by atoms with Crippen LogP contribution in [0, 0.1) is 22.0 Å². The molecule has 0 fully saturated rings. The first-order valence-electron chi connectivity index (χ1n) is 9.56. The van der Waals surface area contributed by atoms with Gasteiger partial charge in [0, 0.05) is 18.8 Å². The molecule has 1 N–H and O–H groups in total. The van der Waals surface area contributed by atoms with Crippen LogP contribution in [0.5, 0.6) is 5.75 Å². The number of nitro groups is 1. The number of aromatic nitrogens is 2. The van der Waals surface area contributed by atoms with E-state index in [-0.39, 0.29) is 11.5 Å². The Morgan fingerprint density at radius 3 is 2.21 bits per heavy atom. The minimum atomic E-state index is -0.417. The molecule has 2 aromatic rings. The molecule has 0 saturated heterocycles. The molecule has 0 unspecified atom stereocenters. The molecule has 152 valence electrons. The van der Waals surface area contributed by atoms with Gasteiger partial charge in [-0.15, -0.1) is 0 Å². The first kappa shape index (κ1) is 21.4. The average Bonchev–Trinajstić information content (AvgIpc) is 2.62. The molecule has 0 aliphatic heterocycles. The Balaban J connectivity index is 2.39. The quantitative estimate of drug-likeness (QED) is 0.468. The zero-order valence-corrected chi connectivity index (χ0v) is 17.2. The number of benzene rings is 1. The van der Waals surface area contributed by atoms with Crippen LogP contribution < -0.4 is 15.0 Å². The minimum Gasteiger partial charge on any atom is -0.494 e. The molecular formula is C20H29N5O3. The number of nitrogens with one attached hydrogen (secondary N) is 1. The van der Waals surface area contributed by atoms with Gasteiger partial charge in [-0.25, -0.2) is 9.97 Å². The molecule has 8 nitrogen and oxygen atoms in total. The van der Waals surface area contributed by atoms with Crippen molar-refractivity contribution in [3.8, 4) is 5.75 Å². The summed E-state index contributed by atoms with van der Waals surface area (Å²) < 4.78 is 5.43. The van der Waals surface area contributed by atoms with Crippen LogP contribution in [0.4, 0.5) is 23.0 Å². The monoisotopic (exact) mass is 387 g/mol. The van der Waals surface area contributed by atoms with E-state index in [1.165, 1.54) is 6.33 Å². The van der Waals surface area contributed by atoms with E-state index >= 15 is 0 Å². The molecule has 0 radical (unpaired) electrons. The van der Waals surface area contributed by atoms with E-state index in [1.807, 2.05) is 24.0 Å². The highest BCUT2D eigenvalue weighted by Crippen LogP contribution is 2.34. The highest BCUT2D eigenvalue weighted by Gasteiger charge is 2.28. The van der Waals surface area contributed by atoms with Crippen LogP contribution in [-0.2, 0) is 0 Å². The number of rotatable bonds is 10. The largest absolute Gasteiger partial charge is 0.494 e. The van der Waals surface area contributed by atoms with Crippen molar-refractivity contribution in [2.24, 2.45) is 11.8 Å². The second kappa shape index (κ2) is 9.87. The minimum absolute atomic E-state index is 0.113. The van der Waals surface area contributed by atoms with Crippen LogP contribution in [0.1, 0.15) is 34.6 Å². The highest BCUT2D eigenvalue weighted by molar-refractivity contribution is 5.74. The molecule has 0 atom stereocenters. The Morgan fingerprint density at radius 2 is 1.71 bits per heavy atom. The van der Waals surface area contributed by atoms with Crippen LogP contribution >= 0.6 is 0 Å². The summed E-state index contributed by atoms with van der Waals surface area (Å²) in [6, 6.07) is 7.22. The van der Waals surface area contributed by atoms with Crippen LogP contribution in [0.15, 0.2) is 30.6 Å². The molecule has 0 spiro atoms. The molecule has 1 heterocycles. The van der Waals surface area contributed by atoms with Gasteiger partial charge in [-0.2, -0.15) is 0 Å². The fourth-order valence-corrected chi connectivity index (χ4v) is 2.93. The molecule has 1 aromatic carbocycles. The summed E-state index contributed by atoms with van der Waals surface area (Å²) in [6.45, 7) is 12.2. The van der Waals surface area contributed by atoms with Gasteiger partial charge in [0.2, 0.25) is 11.6 Å². The predicted octanol–water partition coefficient (Wildman–Crippen LogP) is 4.65. The van der Waals surface area contributed by atoms with Crippen molar-refractivity contribution < 1.29 is 9.66 Å². The van der Waals surface area contributed by atoms with Gasteiger partial charge in [0.05, 0.1) is 11.5 Å². The third kappa shape index (κ3) is 5.80. The summed E-state index contributed by atoms with van der Waals surface area (Å²) in [7, 11) is 0. The summed E-state index contributed by atoms with van der Waals surface area (Å²) in [5.74, 6) is 1.95. The van der Waals surface area contributed by atoms with Gasteiger partial charge in [0.1, 0.15) is 12.1 Å². The standard InChI is InChI=1S/C20H29N5O3/c1-6-28-17-9-7-16(8-10-17)23-19-18(25(26)27)20(22-13-21-19)24(11-14(2)3)12-15(4)5/h7-10,13-15H,6,11-12H2,1-5H3,(H,21,22,23). The maximum absolute atomic E-state index is 11.9. The molecule has 1 aromatic heterocycles. The van der Waals surface area contributed by atoms with Crippen molar-refractivity contribution >= 4 is 23.0 Å². The van der Waals surface area contributed by atoms with E-state index in [9.17, 15) is 10.1 Å². The average molecular weight is 387 g/mol. The number of anilines is 3. The molecular weight excluding hydrogens is 358 g/mol. The third-order valence-electron chi connectivity index (χ3n) is 3.88. The smallest absolute Gasteiger partial charge is 0.353 e. The number of hydrogen-bond donors (Lipinski definition) is 1. The van der Waals surface area contributed by atoms with Gasteiger partial charge < -0.3 is 15.0 Å². The first-order valence-corrected chi connectivity index (χ1v) is 9.56. The van der Waals surface area contributed by atoms with Crippen molar-refractivity contribution in [1.82, 2.24) is 9.97 Å². The third-order valence-corrected chi connectivity index (χ3v) is 3.88. The van der Waals surface area contributed by atoms with E-state index in [2.05, 4.69) is 43.0 Å². The van der Waals surface area contributed by atoms with Crippen molar-refractivity contribution in [2.75, 3.05) is 29.9 Å². The van der Waals surface area contributed by atoms with Crippen molar-refractivity contribution in [3.05, 3.63) is 40.7 Å².